The van der Waals surface area contributed by atoms with E-state index >= 15 is 0 Å². The van der Waals surface area contributed by atoms with Crippen LogP contribution in [0.15, 0.2) is 48.5 Å². The highest BCUT2D eigenvalue weighted by Crippen LogP contribution is 2.22. The molecule has 1 heterocycles. The second-order valence-electron chi connectivity index (χ2n) is 6.41. The van der Waals surface area contributed by atoms with E-state index < -0.39 is 0 Å². The summed E-state index contributed by atoms with van der Waals surface area (Å²) in [6.07, 6.45) is 1.31. The molecule has 2 aromatic rings. The summed E-state index contributed by atoms with van der Waals surface area (Å²) in [5.74, 6) is -0.0455. The van der Waals surface area contributed by atoms with Gasteiger partial charge in [-0.05, 0) is 48.7 Å². The van der Waals surface area contributed by atoms with Gasteiger partial charge < -0.3 is 10.2 Å². The second kappa shape index (κ2) is 7.38. The molecule has 0 saturated carbocycles. The van der Waals surface area contributed by atoms with E-state index in [0.29, 0.717) is 6.42 Å². The van der Waals surface area contributed by atoms with Crippen LogP contribution in [-0.4, -0.2) is 37.0 Å². The zero-order valence-electron chi connectivity index (χ0n) is 14.7. The number of rotatable bonds is 4. The average molecular weight is 337 g/mol. The Morgan fingerprint density at radius 3 is 2.52 bits per heavy atom. The Balaban J connectivity index is 1.63. The molecule has 25 heavy (non-hydrogen) atoms. The van der Waals surface area contributed by atoms with Gasteiger partial charge >= 0.3 is 6.03 Å². The van der Waals surface area contributed by atoms with Crippen molar-refractivity contribution in [1.82, 2.24) is 4.90 Å². The van der Waals surface area contributed by atoms with E-state index in [9.17, 15) is 9.59 Å². The maximum atomic E-state index is 12.2. The number of nitrogens with zero attached hydrogens (tertiary/aromatic N) is 2. The molecule has 5 heteroatoms. The average Bonchev–Trinajstić information content (AvgIpc) is 2.60. The van der Waals surface area contributed by atoms with E-state index in [4.69, 9.17) is 0 Å². The molecular weight excluding hydrogens is 314 g/mol. The molecule has 0 aliphatic carbocycles. The molecule has 0 atom stereocenters. The molecule has 3 amide bonds. The minimum absolute atomic E-state index is 0.0163. The zero-order chi connectivity index (χ0) is 17.8. The van der Waals surface area contributed by atoms with Gasteiger partial charge in [0.2, 0.25) is 5.91 Å². The number of aryl methyl sites for hydroxylation is 1. The largest absolute Gasteiger partial charge is 0.327 e. The number of carbonyl (C=O) groups excluding carboxylic acids is 2. The lowest BCUT2D eigenvalue weighted by Crippen LogP contribution is -2.47. The lowest BCUT2D eigenvalue weighted by Gasteiger charge is -2.33. The van der Waals surface area contributed by atoms with Gasteiger partial charge in [-0.25, -0.2) is 4.79 Å². The molecule has 130 valence electrons. The number of benzene rings is 2. The molecule has 1 fully saturated rings. The highest BCUT2D eigenvalue weighted by molar-refractivity contribution is 5.94. The van der Waals surface area contributed by atoms with Crippen molar-refractivity contribution in [2.75, 3.05) is 30.4 Å². The second-order valence-corrected chi connectivity index (χ2v) is 6.41. The third-order valence-electron chi connectivity index (χ3n) is 4.51. The van der Waals surface area contributed by atoms with Crippen LogP contribution in [0.1, 0.15) is 17.5 Å². The predicted octanol–water partition coefficient (Wildman–Crippen LogP) is 3.44. The van der Waals surface area contributed by atoms with Crippen molar-refractivity contribution in [3.63, 3.8) is 0 Å². The molecule has 1 aliphatic heterocycles. The maximum Gasteiger partial charge on any atom is 0.324 e. The Morgan fingerprint density at radius 2 is 1.80 bits per heavy atom. The lowest BCUT2D eigenvalue weighted by molar-refractivity contribution is -0.115. The van der Waals surface area contributed by atoms with Crippen molar-refractivity contribution in [2.24, 2.45) is 0 Å². The van der Waals surface area contributed by atoms with Gasteiger partial charge in [-0.2, -0.15) is 0 Å². The fraction of sp³-hybridized carbons (Fsp3) is 0.300. The van der Waals surface area contributed by atoms with E-state index in [-0.39, 0.29) is 11.9 Å². The van der Waals surface area contributed by atoms with Gasteiger partial charge in [-0.15, -0.1) is 0 Å². The number of hydrogen-bond donors (Lipinski definition) is 1. The summed E-state index contributed by atoms with van der Waals surface area (Å²) in [7, 11) is 1.81. The van der Waals surface area contributed by atoms with Crippen LogP contribution in [0, 0.1) is 6.92 Å². The standard InChI is InChI=1S/C20H23N3O2/c1-15-6-3-4-7-16(15)14-19(24)21-17-8-10-18(11-9-17)23-13-5-12-22(2)20(23)25/h3-4,6-11H,5,12-14H2,1-2H3,(H,21,24). The van der Waals surface area contributed by atoms with Crippen molar-refractivity contribution in [3.05, 3.63) is 59.7 Å². The first-order valence-electron chi connectivity index (χ1n) is 8.51. The van der Waals surface area contributed by atoms with Crippen LogP contribution >= 0.6 is 0 Å². The van der Waals surface area contributed by atoms with Crippen LogP contribution in [0.2, 0.25) is 0 Å². The van der Waals surface area contributed by atoms with E-state index in [1.165, 1.54) is 0 Å². The zero-order valence-corrected chi connectivity index (χ0v) is 14.7. The van der Waals surface area contributed by atoms with E-state index in [1.54, 1.807) is 9.80 Å². The molecular formula is C20H23N3O2. The summed E-state index contributed by atoms with van der Waals surface area (Å²) < 4.78 is 0. The Labute approximate surface area is 148 Å². The first-order valence-corrected chi connectivity index (χ1v) is 8.51. The fourth-order valence-corrected chi connectivity index (χ4v) is 3.01. The van der Waals surface area contributed by atoms with E-state index in [2.05, 4.69) is 5.32 Å². The normalized spacial score (nSPS) is 14.6. The molecule has 0 unspecified atom stereocenters. The maximum absolute atomic E-state index is 12.2. The smallest absolute Gasteiger partial charge is 0.324 e. The van der Waals surface area contributed by atoms with Crippen LogP contribution in [0.5, 0.6) is 0 Å². The van der Waals surface area contributed by atoms with E-state index in [1.807, 2.05) is 62.5 Å². The number of anilines is 2. The Morgan fingerprint density at radius 1 is 1.08 bits per heavy atom. The van der Waals surface area contributed by atoms with Crippen molar-refractivity contribution in [1.29, 1.82) is 0 Å². The molecule has 3 rings (SSSR count). The summed E-state index contributed by atoms with van der Waals surface area (Å²) in [6.45, 7) is 3.52. The van der Waals surface area contributed by atoms with Crippen molar-refractivity contribution >= 4 is 23.3 Å². The van der Waals surface area contributed by atoms with Gasteiger partial charge in [0.15, 0.2) is 0 Å². The minimum atomic E-state index is -0.0455. The molecule has 5 nitrogen and oxygen atoms in total. The van der Waals surface area contributed by atoms with Crippen LogP contribution in [-0.2, 0) is 11.2 Å². The highest BCUT2D eigenvalue weighted by Gasteiger charge is 2.23. The van der Waals surface area contributed by atoms with Crippen LogP contribution in [0.3, 0.4) is 0 Å². The predicted molar refractivity (Wildman–Crippen MR) is 99.9 cm³/mol. The first kappa shape index (κ1) is 17.0. The summed E-state index contributed by atoms with van der Waals surface area (Å²) in [6, 6.07) is 15.3. The van der Waals surface area contributed by atoms with Crippen LogP contribution in [0.4, 0.5) is 16.2 Å². The van der Waals surface area contributed by atoms with Gasteiger partial charge in [-0.1, -0.05) is 24.3 Å². The fourth-order valence-electron chi connectivity index (χ4n) is 3.01. The quantitative estimate of drug-likeness (QED) is 0.929. The third kappa shape index (κ3) is 3.99. The molecule has 0 radical (unpaired) electrons. The van der Waals surface area contributed by atoms with Crippen LogP contribution < -0.4 is 10.2 Å². The number of amides is 3. The summed E-state index contributed by atoms with van der Waals surface area (Å²) in [5, 5.41) is 2.91. The van der Waals surface area contributed by atoms with Gasteiger partial charge in [0.1, 0.15) is 0 Å². The highest BCUT2D eigenvalue weighted by atomic mass is 16.2. The molecule has 0 aromatic heterocycles. The number of urea groups is 1. The van der Waals surface area contributed by atoms with Crippen molar-refractivity contribution < 1.29 is 9.59 Å². The van der Waals surface area contributed by atoms with Crippen molar-refractivity contribution in [2.45, 2.75) is 19.8 Å². The SMILES string of the molecule is Cc1ccccc1CC(=O)Nc1ccc(N2CCCN(C)C2=O)cc1. The molecule has 0 bridgehead atoms. The topological polar surface area (TPSA) is 52.7 Å². The molecule has 1 aliphatic rings. The number of hydrogen-bond acceptors (Lipinski definition) is 2. The number of nitrogens with one attached hydrogen (secondary N) is 1. The summed E-state index contributed by atoms with van der Waals surface area (Å²) in [5.41, 5.74) is 3.73. The van der Waals surface area contributed by atoms with Gasteiger partial charge in [0.25, 0.3) is 0 Å². The van der Waals surface area contributed by atoms with Crippen molar-refractivity contribution in [3.8, 4) is 0 Å². The molecule has 0 spiro atoms. The summed E-state index contributed by atoms with van der Waals surface area (Å²) in [4.78, 5) is 27.9. The van der Waals surface area contributed by atoms with Gasteiger partial charge in [0, 0.05) is 31.5 Å². The molecule has 2 aromatic carbocycles. The first-order chi connectivity index (χ1) is 12.0. The molecule has 1 saturated heterocycles. The third-order valence-corrected chi connectivity index (χ3v) is 4.51. The van der Waals surface area contributed by atoms with Gasteiger partial charge in [0.05, 0.1) is 6.42 Å². The van der Waals surface area contributed by atoms with Gasteiger partial charge in [-0.3, -0.25) is 9.69 Å². The Kier molecular flexibility index (Phi) is 5.03. The van der Waals surface area contributed by atoms with Crippen LogP contribution in [0.25, 0.3) is 0 Å². The van der Waals surface area contributed by atoms with E-state index in [0.717, 1.165) is 42.0 Å². The minimum Gasteiger partial charge on any atom is -0.327 e. The molecule has 1 N–H and O–H groups in total. The lowest BCUT2D eigenvalue weighted by atomic mass is 10.1. The Bertz CT molecular complexity index is 771. The number of carbonyl (C=O) groups is 2. The summed E-state index contributed by atoms with van der Waals surface area (Å²) >= 11 is 0. The monoisotopic (exact) mass is 337 g/mol. The Hall–Kier alpha value is -2.82.